The first-order chi connectivity index (χ1) is 27.8. The molecule has 0 saturated carbocycles. The third-order valence-electron chi connectivity index (χ3n) is 13.1. The summed E-state index contributed by atoms with van der Waals surface area (Å²) in [6.45, 7) is 29.2. The van der Waals surface area contributed by atoms with Crippen molar-refractivity contribution in [3.63, 3.8) is 0 Å². The number of rotatable bonds is 18. The van der Waals surface area contributed by atoms with Gasteiger partial charge in [0.05, 0.1) is 0 Å². The molecule has 7 heteroatoms. The van der Waals surface area contributed by atoms with Crippen LogP contribution in [0.3, 0.4) is 0 Å². The molecular formula is C52H73BCl2NSi2Zr. The maximum atomic E-state index is 9.31. The predicted octanol–water partition coefficient (Wildman–Crippen LogP) is 16.6. The van der Waals surface area contributed by atoms with Crippen LogP contribution in [0.5, 0.6) is 0 Å². The summed E-state index contributed by atoms with van der Waals surface area (Å²) in [5, 5.41) is 0. The fourth-order valence-corrected chi connectivity index (χ4v) is 53.2. The quantitative estimate of drug-likeness (QED) is 0.0899. The Balaban J connectivity index is 1.68. The molecule has 0 heterocycles. The van der Waals surface area contributed by atoms with Crippen LogP contribution >= 0.6 is 17.0 Å². The summed E-state index contributed by atoms with van der Waals surface area (Å²) >= 11 is -5.35. The Bertz CT molecular complexity index is 2040. The second-order valence-electron chi connectivity index (χ2n) is 20.9. The van der Waals surface area contributed by atoms with Crippen molar-refractivity contribution in [3.8, 4) is 22.3 Å². The van der Waals surface area contributed by atoms with Gasteiger partial charge in [0, 0.05) is 0 Å². The van der Waals surface area contributed by atoms with Gasteiger partial charge in [0.2, 0.25) is 0 Å². The van der Waals surface area contributed by atoms with Crippen LogP contribution in [-0.4, -0.2) is 25.6 Å². The molecule has 4 aromatic rings. The van der Waals surface area contributed by atoms with Gasteiger partial charge in [0.15, 0.2) is 0 Å². The molecular weight excluding hydrogens is 868 g/mol. The van der Waals surface area contributed by atoms with Gasteiger partial charge in [0.1, 0.15) is 0 Å². The summed E-state index contributed by atoms with van der Waals surface area (Å²) in [4.78, 5) is 0.833. The van der Waals surface area contributed by atoms with Gasteiger partial charge in [-0.05, 0) is 0 Å². The monoisotopic (exact) mass is 938 g/mol. The molecule has 0 aliphatic heterocycles. The number of halogens is 2. The first-order valence-corrected chi connectivity index (χ1v) is 40.8. The van der Waals surface area contributed by atoms with Gasteiger partial charge >= 0.3 is 374 Å². The molecule has 0 N–H and O–H groups in total. The number of benzene rings is 4. The van der Waals surface area contributed by atoms with E-state index in [-0.39, 0.29) is 7.25 Å². The van der Waals surface area contributed by atoms with Crippen LogP contribution in [0.2, 0.25) is 39.3 Å². The molecule has 6 rings (SSSR count). The van der Waals surface area contributed by atoms with Gasteiger partial charge in [-0.2, -0.15) is 0 Å². The number of hydrogen-bond donors (Lipinski definition) is 0. The molecule has 0 amide bonds. The molecule has 0 spiro atoms. The predicted molar refractivity (Wildman–Crippen MR) is 269 cm³/mol. The molecule has 0 bridgehead atoms. The standard InChI is InChI=1S/2C23H27.C6H19BNSi2.2ClH.Zr/c2*1-4-5-9-18-15-20-11-8-13-22(23(20)16-18)21-12-7-6-10-19(21)14-17(2)3;1-9(2,3)8(7)10(4,5)6;;;/h2*6-8,10-13,15-17H,4-5,9,14H2,1-3H3;7H,1-6H3;2*1H;/q;;+1;;;+1/p-2. The van der Waals surface area contributed by atoms with Crippen molar-refractivity contribution in [2.45, 2.75) is 139 Å². The van der Waals surface area contributed by atoms with Crippen molar-refractivity contribution in [1.82, 2.24) is 4.14 Å². The molecule has 1 nitrogen and oxygen atoms in total. The zero-order chi connectivity index (χ0) is 42.9. The van der Waals surface area contributed by atoms with E-state index in [2.05, 4.69) is 182 Å². The van der Waals surface area contributed by atoms with Crippen LogP contribution in [0, 0.1) is 11.8 Å². The van der Waals surface area contributed by atoms with E-state index < -0.39 is 32.6 Å². The molecule has 59 heavy (non-hydrogen) atoms. The first kappa shape index (κ1) is 46.8. The SMILES string of the molecule is CCCCC1=Cc2c(-c3ccccc3CC(C)C)cccc2[CH]1[Zr]([Cl])([Cl])([BH]N([Si](C)(C)C)[Si](C)(C)C)[CH]1C(CCCC)=Cc2c(-c3ccccc3CC(C)C)cccc21. The van der Waals surface area contributed by atoms with E-state index in [0.717, 1.165) is 56.3 Å². The maximum absolute atomic E-state index is 9.31. The molecule has 0 aromatic heterocycles. The normalized spacial score (nSPS) is 17.5. The summed E-state index contributed by atoms with van der Waals surface area (Å²) in [5.74, 6) is 1.14. The number of nitrogens with zero attached hydrogens (tertiary/aromatic N) is 1. The second-order valence-corrected chi connectivity index (χ2v) is 53.1. The van der Waals surface area contributed by atoms with Gasteiger partial charge in [-0.3, -0.25) is 0 Å². The van der Waals surface area contributed by atoms with Crippen LogP contribution < -0.4 is 0 Å². The summed E-state index contributed by atoms with van der Waals surface area (Å²) in [7, 11) is 14.8. The Kier molecular flexibility index (Phi) is 14.7. The van der Waals surface area contributed by atoms with Crippen LogP contribution in [0.25, 0.3) is 34.4 Å². The first-order valence-electron chi connectivity index (χ1n) is 23.0. The van der Waals surface area contributed by atoms with Crippen molar-refractivity contribution in [2.24, 2.45) is 11.8 Å². The zero-order valence-electron chi connectivity index (χ0n) is 38.6. The number of hydrogen-bond acceptors (Lipinski definition) is 1. The average molecular weight is 941 g/mol. The van der Waals surface area contributed by atoms with E-state index in [1.807, 2.05) is 0 Å². The van der Waals surface area contributed by atoms with E-state index in [1.165, 1.54) is 66.8 Å². The second kappa shape index (κ2) is 18.6. The van der Waals surface area contributed by atoms with Gasteiger partial charge in [-0.15, -0.1) is 0 Å². The fraction of sp³-hybridized carbons (Fsp3) is 0.462. The van der Waals surface area contributed by atoms with E-state index in [1.54, 1.807) is 0 Å². The fourth-order valence-electron chi connectivity index (χ4n) is 10.9. The molecule has 2 unspecified atom stereocenters. The Morgan fingerprint density at radius 3 is 1.29 bits per heavy atom. The van der Waals surface area contributed by atoms with Crippen molar-refractivity contribution in [1.29, 1.82) is 0 Å². The Labute approximate surface area is 370 Å². The van der Waals surface area contributed by atoms with Crippen molar-refractivity contribution < 1.29 is 16.2 Å². The zero-order valence-corrected chi connectivity index (χ0v) is 44.6. The molecule has 0 fully saturated rings. The number of fused-ring (bicyclic) bond motifs is 2. The van der Waals surface area contributed by atoms with Crippen LogP contribution in [-0.2, 0) is 29.0 Å². The number of unbranched alkanes of at least 4 members (excludes halogenated alkanes) is 2. The third kappa shape index (κ3) is 9.77. The Morgan fingerprint density at radius 1 is 0.559 bits per heavy atom. The van der Waals surface area contributed by atoms with Crippen LogP contribution in [0.4, 0.5) is 0 Å². The summed E-state index contributed by atoms with van der Waals surface area (Å²) in [5.41, 5.74) is 16.7. The third-order valence-corrected chi connectivity index (χ3v) is 40.2. The van der Waals surface area contributed by atoms with Crippen molar-refractivity contribution in [3.05, 3.63) is 129 Å². The van der Waals surface area contributed by atoms with Gasteiger partial charge in [-0.25, -0.2) is 0 Å². The Hall–Kier alpha value is -1.72. The van der Waals surface area contributed by atoms with E-state index in [4.69, 9.17) is 0 Å². The Morgan fingerprint density at radius 2 is 0.932 bits per heavy atom. The summed E-state index contributed by atoms with van der Waals surface area (Å²) < 4.78 is 3.01. The van der Waals surface area contributed by atoms with Gasteiger partial charge in [-0.1, -0.05) is 0 Å². The van der Waals surface area contributed by atoms with Crippen molar-refractivity contribution >= 4 is 50.6 Å². The van der Waals surface area contributed by atoms with Crippen molar-refractivity contribution in [2.75, 3.05) is 0 Å². The molecule has 315 valence electrons. The van der Waals surface area contributed by atoms with E-state index >= 15 is 0 Å². The molecule has 0 radical (unpaired) electrons. The van der Waals surface area contributed by atoms with Crippen LogP contribution in [0.1, 0.15) is 121 Å². The molecule has 4 aromatic carbocycles. The molecule has 2 aliphatic carbocycles. The van der Waals surface area contributed by atoms with E-state index in [9.17, 15) is 17.0 Å². The minimum absolute atomic E-state index is 0.0200. The summed E-state index contributed by atoms with van der Waals surface area (Å²) in [6, 6.07) is 32.5. The minimum atomic E-state index is -5.35. The molecule has 2 aliphatic rings. The molecule has 2 atom stereocenters. The average Bonchev–Trinajstić information content (AvgIpc) is 3.75. The summed E-state index contributed by atoms with van der Waals surface area (Å²) in [6.07, 6.45) is 13.9. The van der Waals surface area contributed by atoms with Crippen LogP contribution in [0.15, 0.2) is 96.1 Å². The van der Waals surface area contributed by atoms with Gasteiger partial charge in [0.25, 0.3) is 0 Å². The topological polar surface area (TPSA) is 3.24 Å². The molecule has 0 saturated heterocycles. The number of allylic oxidation sites excluding steroid dienone is 2. The van der Waals surface area contributed by atoms with Gasteiger partial charge < -0.3 is 0 Å². The van der Waals surface area contributed by atoms with E-state index in [0.29, 0.717) is 11.8 Å².